The number of rotatable bonds is 7. The fraction of sp³-hybridized carbons (Fsp3) is 0.364. The van der Waals surface area contributed by atoms with Crippen molar-refractivity contribution >= 4 is 48.8 Å². The van der Waals surface area contributed by atoms with Crippen LogP contribution >= 0.6 is 0 Å². The summed E-state index contributed by atoms with van der Waals surface area (Å²) in [5.74, 6) is 0.617. The summed E-state index contributed by atoms with van der Waals surface area (Å²) in [6, 6.07) is 23.2. The Morgan fingerprint density at radius 2 is 1.70 bits per heavy atom. The number of carbonyl (C=O) groups excluding carboxylic acids is 1. The van der Waals surface area contributed by atoms with Crippen molar-refractivity contribution in [3.05, 3.63) is 77.9 Å². The standard InChI is InChI=1S/C33H35N4O2Se/c1-39-32(38)24-19-20-29-28(22-24)34-31(37(29)25-15-8-3-2-4-9-16-25)26-17-10-18-27-30(26)36(33(40)35-27)21-11-14-23-12-6-5-7-13-23/h5-7,10,12-13,17-20,22,25H,2-4,8-9,11,14-16,21H2,1H3. The number of nitrogens with zero attached hydrogens (tertiary/aromatic N) is 4. The molecule has 2 aromatic heterocycles. The van der Waals surface area contributed by atoms with Crippen LogP contribution in [0.25, 0.3) is 33.5 Å². The molecule has 5 aromatic rings. The molecule has 1 aliphatic rings. The van der Waals surface area contributed by atoms with Crippen LogP contribution in [0.1, 0.15) is 73.3 Å². The molecule has 7 heteroatoms. The summed E-state index contributed by atoms with van der Waals surface area (Å²) < 4.78 is 10.7. The third-order valence-electron chi connectivity index (χ3n) is 8.21. The fourth-order valence-electron chi connectivity index (χ4n) is 6.23. The van der Waals surface area contributed by atoms with Crippen LogP contribution in [0.4, 0.5) is 0 Å². The molecular formula is C33H35N4O2Se. The molecule has 0 aliphatic heterocycles. The van der Waals surface area contributed by atoms with E-state index < -0.39 is 0 Å². The van der Waals surface area contributed by atoms with E-state index in [0.717, 1.165) is 70.4 Å². The van der Waals surface area contributed by atoms with Crippen LogP contribution in [0, 0.1) is 0 Å². The summed E-state index contributed by atoms with van der Waals surface area (Å²) >= 11 is 3.21. The number of para-hydroxylation sites is 1. The molecule has 3 aromatic carbocycles. The number of ether oxygens (including phenoxy) is 1. The fourth-order valence-corrected chi connectivity index (χ4v) is 6.82. The first-order valence-corrected chi connectivity index (χ1v) is 15.3. The van der Waals surface area contributed by atoms with E-state index in [-0.39, 0.29) is 5.97 Å². The molecule has 6 rings (SSSR count). The van der Waals surface area contributed by atoms with Crippen LogP contribution in [0.3, 0.4) is 0 Å². The number of methoxy groups -OCH3 is 1. The molecule has 1 fully saturated rings. The summed E-state index contributed by atoms with van der Waals surface area (Å²) in [5, 5.41) is 0. The molecule has 0 amide bonds. The van der Waals surface area contributed by atoms with Gasteiger partial charge in [-0.1, -0.05) is 0 Å². The second kappa shape index (κ2) is 12.0. The Morgan fingerprint density at radius 3 is 2.48 bits per heavy atom. The van der Waals surface area contributed by atoms with Gasteiger partial charge < -0.3 is 0 Å². The van der Waals surface area contributed by atoms with E-state index in [1.807, 2.05) is 18.2 Å². The number of hydrogen-bond donors (Lipinski definition) is 0. The number of aromatic nitrogens is 4. The Labute approximate surface area is 243 Å². The van der Waals surface area contributed by atoms with Crippen LogP contribution in [-0.2, 0) is 17.7 Å². The van der Waals surface area contributed by atoms with Gasteiger partial charge in [0.25, 0.3) is 0 Å². The summed E-state index contributed by atoms with van der Waals surface area (Å²) in [7, 11) is 1.42. The summed E-state index contributed by atoms with van der Waals surface area (Å²) in [6.07, 6.45) is 10.6. The molecule has 6 nitrogen and oxygen atoms in total. The molecule has 0 atom stereocenters. The van der Waals surface area contributed by atoms with Crippen molar-refractivity contribution in [1.29, 1.82) is 0 Å². The van der Waals surface area contributed by atoms with Gasteiger partial charge in [0.15, 0.2) is 0 Å². The van der Waals surface area contributed by atoms with Gasteiger partial charge in [-0.05, 0) is 0 Å². The number of imidazole rings is 2. The molecular weight excluding hydrogens is 563 g/mol. The van der Waals surface area contributed by atoms with Crippen LogP contribution in [-0.4, -0.2) is 48.2 Å². The number of fused-ring (bicyclic) bond motifs is 2. The van der Waals surface area contributed by atoms with Gasteiger partial charge in [-0.2, -0.15) is 0 Å². The summed E-state index contributed by atoms with van der Waals surface area (Å²) in [6.45, 7) is 0.862. The average molecular weight is 599 g/mol. The van der Waals surface area contributed by atoms with E-state index in [9.17, 15) is 4.79 Å². The number of carbonyl (C=O) groups is 1. The van der Waals surface area contributed by atoms with Crippen molar-refractivity contribution in [1.82, 2.24) is 19.1 Å². The summed E-state index contributed by atoms with van der Waals surface area (Å²) in [4.78, 5) is 22.5. The predicted molar refractivity (Wildman–Crippen MR) is 161 cm³/mol. The zero-order valence-electron chi connectivity index (χ0n) is 23.0. The van der Waals surface area contributed by atoms with Gasteiger partial charge in [-0.15, -0.1) is 0 Å². The predicted octanol–water partition coefficient (Wildman–Crippen LogP) is 6.55. The van der Waals surface area contributed by atoms with Gasteiger partial charge in [-0.25, -0.2) is 0 Å². The number of benzene rings is 3. The first kappa shape index (κ1) is 26.8. The third-order valence-corrected chi connectivity index (χ3v) is 8.87. The Bertz CT molecular complexity index is 1630. The van der Waals surface area contributed by atoms with E-state index in [4.69, 9.17) is 14.7 Å². The van der Waals surface area contributed by atoms with Crippen molar-refractivity contribution < 1.29 is 9.53 Å². The molecule has 1 radical (unpaired) electrons. The van der Waals surface area contributed by atoms with Crippen molar-refractivity contribution in [3.8, 4) is 11.4 Å². The monoisotopic (exact) mass is 599 g/mol. The zero-order valence-corrected chi connectivity index (χ0v) is 24.7. The van der Waals surface area contributed by atoms with E-state index in [2.05, 4.69) is 73.7 Å². The minimum absolute atomic E-state index is 0.339. The van der Waals surface area contributed by atoms with Gasteiger partial charge in [-0.3, -0.25) is 0 Å². The second-order valence-electron chi connectivity index (χ2n) is 10.8. The topological polar surface area (TPSA) is 61.9 Å². The number of esters is 1. The molecule has 0 saturated heterocycles. The number of aryl methyl sites for hydroxylation is 2. The van der Waals surface area contributed by atoms with Crippen molar-refractivity contribution in [2.45, 2.75) is 70.4 Å². The maximum absolute atomic E-state index is 12.4. The molecule has 0 bridgehead atoms. The normalized spacial score (nSPS) is 14.8. The van der Waals surface area contributed by atoms with Gasteiger partial charge >= 0.3 is 244 Å². The molecule has 40 heavy (non-hydrogen) atoms. The quantitative estimate of drug-likeness (QED) is 0.158. The Hall–Kier alpha value is -3.41. The van der Waals surface area contributed by atoms with Crippen LogP contribution < -0.4 is 4.72 Å². The third kappa shape index (κ3) is 5.33. The van der Waals surface area contributed by atoms with Gasteiger partial charge in [0.1, 0.15) is 0 Å². The van der Waals surface area contributed by atoms with Crippen molar-refractivity contribution in [3.63, 3.8) is 0 Å². The van der Waals surface area contributed by atoms with E-state index in [1.165, 1.54) is 44.8 Å². The molecule has 205 valence electrons. The first-order valence-electron chi connectivity index (χ1n) is 14.4. The molecule has 0 spiro atoms. The molecule has 2 heterocycles. The Balaban J connectivity index is 1.47. The maximum atomic E-state index is 12.4. The molecule has 1 saturated carbocycles. The number of hydrogen-bond acceptors (Lipinski definition) is 4. The second-order valence-corrected chi connectivity index (χ2v) is 11.6. The zero-order chi connectivity index (χ0) is 27.5. The summed E-state index contributed by atoms with van der Waals surface area (Å²) in [5.41, 5.74) is 6.94. The Morgan fingerprint density at radius 1 is 0.925 bits per heavy atom. The van der Waals surface area contributed by atoms with E-state index in [0.29, 0.717) is 11.6 Å². The molecule has 0 N–H and O–H groups in total. The van der Waals surface area contributed by atoms with Gasteiger partial charge in [0, 0.05) is 0 Å². The van der Waals surface area contributed by atoms with Crippen LogP contribution in [0.2, 0.25) is 0 Å². The van der Waals surface area contributed by atoms with E-state index >= 15 is 0 Å². The van der Waals surface area contributed by atoms with Crippen LogP contribution in [0.15, 0.2) is 66.7 Å². The van der Waals surface area contributed by atoms with Crippen molar-refractivity contribution in [2.24, 2.45) is 0 Å². The Kier molecular flexibility index (Phi) is 8.03. The van der Waals surface area contributed by atoms with Crippen LogP contribution in [0.5, 0.6) is 0 Å². The minimum atomic E-state index is -0.339. The SMILES string of the molecule is COC(=O)c1ccc2c(c1)nc(-c1cccc3nc([Se])n(CCCc4ccccc4)c13)n2C1CCCCCCC1. The average Bonchev–Trinajstić information content (AvgIpc) is 3.50. The molecule has 1 aliphatic carbocycles. The first-order chi connectivity index (χ1) is 19.6. The van der Waals surface area contributed by atoms with Crippen molar-refractivity contribution in [2.75, 3.05) is 7.11 Å². The van der Waals surface area contributed by atoms with Gasteiger partial charge in [0.05, 0.1) is 0 Å². The van der Waals surface area contributed by atoms with E-state index in [1.54, 1.807) is 0 Å². The molecule has 0 unspecified atom stereocenters. The van der Waals surface area contributed by atoms with Gasteiger partial charge in [0.2, 0.25) is 0 Å².